The van der Waals surface area contributed by atoms with Gasteiger partial charge in [-0.25, -0.2) is 13.8 Å². The van der Waals surface area contributed by atoms with Crippen molar-refractivity contribution in [2.45, 2.75) is 32.4 Å². The van der Waals surface area contributed by atoms with E-state index in [-0.39, 0.29) is 36.6 Å². The number of hydrogen-bond acceptors (Lipinski definition) is 7. The summed E-state index contributed by atoms with van der Waals surface area (Å²) in [7, 11) is 0. The van der Waals surface area contributed by atoms with Crippen LogP contribution in [-0.2, 0) is 11.3 Å². The van der Waals surface area contributed by atoms with Crippen LogP contribution in [0.3, 0.4) is 0 Å². The van der Waals surface area contributed by atoms with Crippen LogP contribution in [0.5, 0.6) is 0 Å². The predicted octanol–water partition coefficient (Wildman–Crippen LogP) is 2.24. The van der Waals surface area contributed by atoms with Crippen LogP contribution in [0.1, 0.15) is 24.0 Å². The zero-order chi connectivity index (χ0) is 21.5. The second-order valence-corrected chi connectivity index (χ2v) is 6.85. The molecule has 1 aliphatic rings. The molecule has 1 heterocycles. The summed E-state index contributed by atoms with van der Waals surface area (Å²) < 4.78 is 27.2. The van der Waals surface area contributed by atoms with E-state index >= 15 is 0 Å². The normalized spacial score (nSPS) is 14.0. The van der Waals surface area contributed by atoms with E-state index in [9.17, 15) is 13.6 Å². The van der Waals surface area contributed by atoms with E-state index in [4.69, 9.17) is 5.73 Å². The maximum absolute atomic E-state index is 13.8. The van der Waals surface area contributed by atoms with Crippen molar-refractivity contribution in [3.8, 4) is 0 Å². The summed E-state index contributed by atoms with van der Waals surface area (Å²) in [6.45, 7) is 1.84. The molecule has 5 N–H and O–H groups in total. The average Bonchev–Trinajstić information content (AvgIpc) is 3.54. The Morgan fingerprint density at radius 3 is 2.90 bits per heavy atom. The van der Waals surface area contributed by atoms with Crippen molar-refractivity contribution in [2.24, 2.45) is 10.7 Å². The van der Waals surface area contributed by atoms with Gasteiger partial charge in [0.25, 0.3) is 0 Å². The van der Waals surface area contributed by atoms with Gasteiger partial charge >= 0.3 is 0 Å². The van der Waals surface area contributed by atoms with E-state index in [0.717, 1.165) is 24.5 Å². The number of anilines is 2. The van der Waals surface area contributed by atoms with Crippen LogP contribution in [0.15, 0.2) is 41.3 Å². The summed E-state index contributed by atoms with van der Waals surface area (Å²) in [5, 5.41) is 8.71. The molecule has 0 saturated heterocycles. The average molecular weight is 415 g/mol. The van der Waals surface area contributed by atoms with Crippen LogP contribution in [0.25, 0.3) is 0 Å². The Kier molecular flexibility index (Phi) is 6.89. The van der Waals surface area contributed by atoms with Gasteiger partial charge < -0.3 is 21.7 Å². The minimum atomic E-state index is -0.904. The van der Waals surface area contributed by atoms with Crippen LogP contribution in [0, 0.1) is 18.6 Å². The Bertz CT molecular complexity index is 974. The second-order valence-electron chi connectivity index (χ2n) is 6.85. The van der Waals surface area contributed by atoms with Gasteiger partial charge in [0.2, 0.25) is 11.9 Å². The molecule has 0 radical (unpaired) electrons. The molecule has 0 spiro atoms. The number of aryl methyl sites for hydroxylation is 1. The highest BCUT2D eigenvalue weighted by molar-refractivity contribution is 5.85. The molecule has 1 fully saturated rings. The topological polar surface area (TPSA) is 117 Å². The molecule has 1 aliphatic carbocycles. The molecule has 0 aliphatic heterocycles. The summed E-state index contributed by atoms with van der Waals surface area (Å²) in [6, 6.07) is 4.28. The Morgan fingerprint density at radius 1 is 1.37 bits per heavy atom. The van der Waals surface area contributed by atoms with Crippen LogP contribution < -0.4 is 21.7 Å². The third-order valence-corrected chi connectivity index (χ3v) is 4.29. The van der Waals surface area contributed by atoms with E-state index in [1.807, 2.05) is 0 Å². The van der Waals surface area contributed by atoms with Crippen LogP contribution in [-0.4, -0.2) is 34.7 Å². The largest absolute Gasteiger partial charge is 0.403 e. The lowest BCUT2D eigenvalue weighted by Gasteiger charge is -2.11. The molecule has 2 aromatic rings. The van der Waals surface area contributed by atoms with E-state index < -0.39 is 11.6 Å². The highest BCUT2D eigenvalue weighted by Gasteiger charge is 2.22. The SMILES string of the molecule is Cc1cnc(N/C(C=NCC(=O)NC2CC2)=C/N)nc1NCc1cccc(F)c1F. The molecule has 8 nitrogen and oxygen atoms in total. The van der Waals surface area contributed by atoms with Crippen LogP contribution in [0.2, 0.25) is 0 Å². The molecular formula is C20H23F2N7O. The Balaban J connectivity index is 1.60. The van der Waals surface area contributed by atoms with Crippen molar-refractivity contribution < 1.29 is 13.6 Å². The van der Waals surface area contributed by atoms with Crippen molar-refractivity contribution in [1.82, 2.24) is 15.3 Å². The van der Waals surface area contributed by atoms with Crippen molar-refractivity contribution >= 4 is 23.9 Å². The van der Waals surface area contributed by atoms with Gasteiger partial charge in [0, 0.05) is 42.3 Å². The minimum absolute atomic E-state index is 0.00369. The first-order chi connectivity index (χ1) is 14.5. The fraction of sp³-hybridized carbons (Fsp3) is 0.300. The monoisotopic (exact) mass is 415 g/mol. The third kappa shape index (κ3) is 5.97. The Labute approximate surface area is 172 Å². The second kappa shape index (κ2) is 9.77. The van der Waals surface area contributed by atoms with Gasteiger partial charge in [0.1, 0.15) is 12.4 Å². The molecule has 1 amide bonds. The van der Waals surface area contributed by atoms with E-state index in [0.29, 0.717) is 11.5 Å². The number of benzene rings is 1. The lowest BCUT2D eigenvalue weighted by molar-refractivity contribution is -0.119. The fourth-order valence-electron chi connectivity index (χ4n) is 2.52. The molecular weight excluding hydrogens is 392 g/mol. The Hall–Kier alpha value is -3.56. The highest BCUT2D eigenvalue weighted by Crippen LogP contribution is 2.18. The molecule has 30 heavy (non-hydrogen) atoms. The Morgan fingerprint density at radius 2 is 2.17 bits per heavy atom. The van der Waals surface area contributed by atoms with Crippen LogP contribution >= 0.6 is 0 Å². The highest BCUT2D eigenvalue weighted by atomic mass is 19.2. The standard InChI is InChI=1S/C20H23F2N7O/c1-12-8-26-20(28-15(7-23)10-24-11-17(30)27-14-5-6-14)29-19(12)25-9-13-3-2-4-16(21)18(13)22/h2-4,7-8,10,14H,5-6,9,11,23H2,1H3,(H,27,30)(H2,25,26,28,29)/b15-7+,24-10?. The van der Waals surface area contributed by atoms with E-state index in [1.165, 1.54) is 24.5 Å². The number of aromatic nitrogens is 2. The summed E-state index contributed by atoms with van der Waals surface area (Å²) >= 11 is 0. The molecule has 1 aromatic carbocycles. The van der Waals surface area contributed by atoms with Gasteiger partial charge in [-0.1, -0.05) is 12.1 Å². The van der Waals surface area contributed by atoms with Crippen molar-refractivity contribution in [2.75, 3.05) is 17.2 Å². The first kappa shape index (κ1) is 21.2. The lowest BCUT2D eigenvalue weighted by Crippen LogP contribution is -2.27. The van der Waals surface area contributed by atoms with Gasteiger partial charge in [-0.2, -0.15) is 4.98 Å². The van der Waals surface area contributed by atoms with Crippen molar-refractivity contribution in [1.29, 1.82) is 0 Å². The number of nitrogens with zero attached hydrogens (tertiary/aromatic N) is 3. The predicted molar refractivity (Wildman–Crippen MR) is 111 cm³/mol. The lowest BCUT2D eigenvalue weighted by atomic mass is 10.2. The third-order valence-electron chi connectivity index (χ3n) is 4.29. The molecule has 1 aromatic heterocycles. The van der Waals surface area contributed by atoms with Gasteiger partial charge in [-0.05, 0) is 25.8 Å². The molecule has 0 unspecified atom stereocenters. The fourth-order valence-corrected chi connectivity index (χ4v) is 2.52. The van der Waals surface area contributed by atoms with Gasteiger partial charge in [-0.3, -0.25) is 9.79 Å². The number of allylic oxidation sites excluding steroid dienone is 1. The number of halogens is 2. The number of amides is 1. The van der Waals surface area contributed by atoms with Gasteiger partial charge in [-0.15, -0.1) is 0 Å². The molecule has 158 valence electrons. The molecule has 0 atom stereocenters. The first-order valence-electron chi connectivity index (χ1n) is 9.44. The number of hydrogen-bond donors (Lipinski definition) is 4. The maximum Gasteiger partial charge on any atom is 0.241 e. The molecule has 0 bridgehead atoms. The zero-order valence-corrected chi connectivity index (χ0v) is 16.5. The number of nitrogens with two attached hydrogens (primary N) is 1. The van der Waals surface area contributed by atoms with Crippen molar-refractivity contribution in [3.05, 3.63) is 59.1 Å². The number of rotatable bonds is 9. The van der Waals surface area contributed by atoms with Gasteiger partial charge in [0.15, 0.2) is 11.6 Å². The number of carbonyl (C=O) groups excluding carboxylic acids is 1. The smallest absolute Gasteiger partial charge is 0.241 e. The number of carbonyl (C=O) groups is 1. The van der Waals surface area contributed by atoms with Gasteiger partial charge in [0.05, 0.1) is 5.70 Å². The summed E-state index contributed by atoms with van der Waals surface area (Å²) in [5.74, 6) is -1.27. The summed E-state index contributed by atoms with van der Waals surface area (Å²) in [5.41, 5.74) is 6.91. The van der Waals surface area contributed by atoms with E-state index in [1.54, 1.807) is 13.1 Å². The van der Waals surface area contributed by atoms with E-state index in [2.05, 4.69) is 30.9 Å². The number of nitrogens with one attached hydrogen (secondary N) is 3. The minimum Gasteiger partial charge on any atom is -0.403 e. The molecule has 3 rings (SSSR count). The number of aliphatic imine (C=N–C) groups is 1. The summed E-state index contributed by atoms with van der Waals surface area (Å²) in [6.07, 6.45) is 6.30. The zero-order valence-electron chi connectivity index (χ0n) is 16.5. The quantitative estimate of drug-likeness (QED) is 0.467. The van der Waals surface area contributed by atoms with Crippen molar-refractivity contribution in [3.63, 3.8) is 0 Å². The molecule has 10 heteroatoms. The maximum atomic E-state index is 13.8. The molecule has 1 saturated carbocycles. The summed E-state index contributed by atoms with van der Waals surface area (Å²) in [4.78, 5) is 24.2. The first-order valence-corrected chi connectivity index (χ1v) is 9.44. The van der Waals surface area contributed by atoms with Crippen LogP contribution in [0.4, 0.5) is 20.5 Å².